The molecular formula is C23H24N4O4. The lowest BCUT2D eigenvalue weighted by atomic mass is 9.91. The Morgan fingerprint density at radius 2 is 1.77 bits per heavy atom. The van der Waals surface area contributed by atoms with Crippen LogP contribution in [-0.4, -0.2) is 41.2 Å². The molecule has 0 bridgehead atoms. The van der Waals surface area contributed by atoms with E-state index in [9.17, 15) is 19.2 Å². The number of carbonyl (C=O) groups excluding carboxylic acids is 4. The molecule has 1 atom stereocenters. The molecule has 8 heteroatoms. The fourth-order valence-electron chi connectivity index (χ4n) is 3.54. The molecule has 31 heavy (non-hydrogen) atoms. The summed E-state index contributed by atoms with van der Waals surface area (Å²) < 4.78 is 0. The number of amides is 5. The lowest BCUT2D eigenvalue weighted by Crippen LogP contribution is -2.42. The zero-order chi connectivity index (χ0) is 22.2. The summed E-state index contributed by atoms with van der Waals surface area (Å²) in [5, 5.41) is 8.23. The Balaban J connectivity index is 1.47. The van der Waals surface area contributed by atoms with Crippen LogP contribution in [0, 0.1) is 6.92 Å². The number of aryl methyl sites for hydroxylation is 1. The van der Waals surface area contributed by atoms with Crippen LogP contribution in [0.4, 0.5) is 10.5 Å². The molecule has 1 aliphatic heterocycles. The van der Waals surface area contributed by atoms with Crippen LogP contribution in [0.3, 0.4) is 0 Å². The van der Waals surface area contributed by atoms with Gasteiger partial charge in [0.25, 0.3) is 11.8 Å². The summed E-state index contributed by atoms with van der Waals surface area (Å²) in [6.07, 6.45) is 1.90. The van der Waals surface area contributed by atoms with Crippen molar-refractivity contribution in [3.63, 3.8) is 0 Å². The standard InChI is InChI=1S/C23H24N4O4/c1-14-7-9-15(10-8-14)23(2)21(30)27(22(31)26-23)13-19(28)25-18-6-4-3-5-17(18)20(29)24-16-11-12-16/h3-10,16H,11-13H2,1-2H3,(H,24,29)(H,25,28)(H,26,31)/t23-/m0/s1. The first-order valence-electron chi connectivity index (χ1n) is 10.2. The number of rotatable bonds is 6. The number of benzene rings is 2. The molecule has 1 saturated heterocycles. The Bertz CT molecular complexity index is 1060. The van der Waals surface area contributed by atoms with E-state index in [1.165, 1.54) is 0 Å². The molecule has 5 amide bonds. The normalized spacial score (nSPS) is 20.4. The molecule has 0 unspecified atom stereocenters. The molecule has 0 spiro atoms. The van der Waals surface area contributed by atoms with Gasteiger partial charge in [-0.25, -0.2) is 4.79 Å². The van der Waals surface area contributed by atoms with Crippen LogP contribution in [-0.2, 0) is 15.1 Å². The number of nitrogens with one attached hydrogen (secondary N) is 3. The second-order valence-corrected chi connectivity index (χ2v) is 8.15. The second-order valence-electron chi connectivity index (χ2n) is 8.15. The van der Waals surface area contributed by atoms with Crippen molar-refractivity contribution in [3.8, 4) is 0 Å². The van der Waals surface area contributed by atoms with Gasteiger partial charge in [0.15, 0.2) is 0 Å². The van der Waals surface area contributed by atoms with Crippen LogP contribution < -0.4 is 16.0 Å². The van der Waals surface area contributed by atoms with E-state index in [-0.39, 0.29) is 11.9 Å². The first-order valence-corrected chi connectivity index (χ1v) is 10.2. The largest absolute Gasteiger partial charge is 0.349 e. The molecule has 1 heterocycles. The van der Waals surface area contributed by atoms with E-state index in [1.54, 1.807) is 43.3 Å². The third kappa shape index (κ3) is 4.14. The minimum Gasteiger partial charge on any atom is -0.349 e. The van der Waals surface area contributed by atoms with Crippen LogP contribution in [0.15, 0.2) is 48.5 Å². The highest BCUT2D eigenvalue weighted by molar-refractivity contribution is 6.11. The molecule has 2 aliphatic rings. The summed E-state index contributed by atoms with van der Waals surface area (Å²) in [7, 11) is 0. The molecule has 1 saturated carbocycles. The Hall–Kier alpha value is -3.68. The summed E-state index contributed by atoms with van der Waals surface area (Å²) in [5.74, 6) is -1.33. The highest BCUT2D eigenvalue weighted by Gasteiger charge is 2.49. The molecule has 3 N–H and O–H groups in total. The molecule has 8 nitrogen and oxygen atoms in total. The lowest BCUT2D eigenvalue weighted by molar-refractivity contribution is -0.133. The average molecular weight is 420 g/mol. The van der Waals surface area contributed by atoms with Gasteiger partial charge in [-0.05, 0) is 44.4 Å². The molecule has 4 rings (SSSR count). The quantitative estimate of drug-likeness (QED) is 0.623. The van der Waals surface area contributed by atoms with Gasteiger partial charge in [-0.1, -0.05) is 42.0 Å². The molecule has 2 aromatic rings. The predicted molar refractivity (Wildman–Crippen MR) is 114 cm³/mol. The molecule has 0 aromatic heterocycles. The van der Waals surface area contributed by atoms with Crippen molar-refractivity contribution in [2.24, 2.45) is 0 Å². The maximum atomic E-state index is 13.0. The van der Waals surface area contributed by atoms with E-state index in [1.807, 2.05) is 19.1 Å². The maximum absolute atomic E-state index is 13.0. The van der Waals surface area contributed by atoms with Gasteiger partial charge in [0, 0.05) is 6.04 Å². The lowest BCUT2D eigenvalue weighted by Gasteiger charge is -2.22. The Kier molecular flexibility index (Phi) is 5.22. The summed E-state index contributed by atoms with van der Waals surface area (Å²) in [6.45, 7) is 3.10. The van der Waals surface area contributed by atoms with Gasteiger partial charge in [-0.15, -0.1) is 0 Å². The summed E-state index contributed by atoms with van der Waals surface area (Å²) in [5.41, 5.74) is 1.10. The van der Waals surface area contributed by atoms with Gasteiger partial charge in [0.05, 0.1) is 11.3 Å². The van der Waals surface area contributed by atoms with E-state index in [0.717, 1.165) is 23.3 Å². The minimum absolute atomic E-state index is 0.182. The molecule has 1 aliphatic carbocycles. The molecule has 2 fully saturated rings. The first kappa shape index (κ1) is 20.6. The van der Waals surface area contributed by atoms with Crippen LogP contribution >= 0.6 is 0 Å². The summed E-state index contributed by atoms with van der Waals surface area (Å²) >= 11 is 0. The van der Waals surface area contributed by atoms with E-state index in [2.05, 4.69) is 16.0 Å². The summed E-state index contributed by atoms with van der Waals surface area (Å²) in [4.78, 5) is 51.5. The van der Waals surface area contributed by atoms with Gasteiger partial charge in [-0.2, -0.15) is 0 Å². The smallest absolute Gasteiger partial charge is 0.325 e. The third-order valence-corrected chi connectivity index (χ3v) is 5.56. The highest BCUT2D eigenvalue weighted by Crippen LogP contribution is 2.29. The van der Waals surface area contributed by atoms with Crippen molar-refractivity contribution < 1.29 is 19.2 Å². The fraction of sp³-hybridized carbons (Fsp3) is 0.304. The van der Waals surface area contributed by atoms with Crippen molar-refractivity contribution in [2.75, 3.05) is 11.9 Å². The van der Waals surface area contributed by atoms with Gasteiger partial charge in [0.2, 0.25) is 5.91 Å². The van der Waals surface area contributed by atoms with Gasteiger partial charge >= 0.3 is 6.03 Å². The van der Waals surface area contributed by atoms with Crippen LogP contribution in [0.1, 0.15) is 41.3 Å². The monoisotopic (exact) mass is 420 g/mol. The zero-order valence-corrected chi connectivity index (χ0v) is 17.4. The topological polar surface area (TPSA) is 108 Å². The van der Waals surface area contributed by atoms with Crippen molar-refractivity contribution in [3.05, 3.63) is 65.2 Å². The number of hydrogen-bond acceptors (Lipinski definition) is 4. The molecule has 160 valence electrons. The SMILES string of the molecule is Cc1ccc([C@]2(C)NC(=O)N(CC(=O)Nc3ccccc3C(=O)NC3CC3)C2=O)cc1. The van der Waals surface area contributed by atoms with E-state index < -0.39 is 29.9 Å². The number of anilines is 1. The highest BCUT2D eigenvalue weighted by atomic mass is 16.2. The second kappa shape index (κ2) is 7.86. The first-order chi connectivity index (χ1) is 14.8. The fourth-order valence-corrected chi connectivity index (χ4v) is 3.54. The van der Waals surface area contributed by atoms with Gasteiger partial charge < -0.3 is 16.0 Å². The summed E-state index contributed by atoms with van der Waals surface area (Å²) in [6, 6.07) is 13.5. The van der Waals surface area contributed by atoms with E-state index >= 15 is 0 Å². The van der Waals surface area contributed by atoms with Gasteiger partial charge in [0.1, 0.15) is 12.1 Å². The number of imide groups is 1. The Morgan fingerprint density at radius 1 is 1.10 bits per heavy atom. The number of hydrogen-bond donors (Lipinski definition) is 3. The third-order valence-electron chi connectivity index (χ3n) is 5.56. The van der Waals surface area contributed by atoms with E-state index in [4.69, 9.17) is 0 Å². The predicted octanol–water partition coefficient (Wildman–Crippen LogP) is 2.29. The molecular weight excluding hydrogens is 396 g/mol. The number of carbonyl (C=O) groups is 4. The number of urea groups is 1. The van der Waals surface area contributed by atoms with E-state index in [0.29, 0.717) is 16.8 Å². The van der Waals surface area contributed by atoms with Crippen molar-refractivity contribution in [1.82, 2.24) is 15.5 Å². The van der Waals surface area contributed by atoms with Crippen LogP contribution in [0.2, 0.25) is 0 Å². The Labute approximate surface area is 180 Å². The number of para-hydroxylation sites is 1. The van der Waals surface area contributed by atoms with Crippen molar-refractivity contribution in [1.29, 1.82) is 0 Å². The van der Waals surface area contributed by atoms with Crippen LogP contribution in [0.25, 0.3) is 0 Å². The van der Waals surface area contributed by atoms with Crippen molar-refractivity contribution >= 4 is 29.4 Å². The maximum Gasteiger partial charge on any atom is 0.325 e. The molecule has 0 radical (unpaired) electrons. The average Bonchev–Trinajstić information content (AvgIpc) is 3.52. The Morgan fingerprint density at radius 3 is 2.45 bits per heavy atom. The number of nitrogens with zero attached hydrogens (tertiary/aromatic N) is 1. The van der Waals surface area contributed by atoms with Crippen molar-refractivity contribution in [2.45, 2.75) is 38.3 Å². The molecule has 2 aromatic carbocycles. The van der Waals surface area contributed by atoms with Gasteiger partial charge in [-0.3, -0.25) is 19.3 Å². The zero-order valence-electron chi connectivity index (χ0n) is 17.4. The van der Waals surface area contributed by atoms with Crippen LogP contribution in [0.5, 0.6) is 0 Å². The minimum atomic E-state index is -1.24.